The zero-order valence-corrected chi connectivity index (χ0v) is 21.2. The summed E-state index contributed by atoms with van der Waals surface area (Å²) >= 11 is 0. The van der Waals surface area contributed by atoms with Gasteiger partial charge in [-0.25, -0.2) is 4.79 Å². The Morgan fingerprint density at radius 1 is 0.973 bits per heavy atom. The number of ether oxygens (including phenoxy) is 2. The molecule has 11 heteroatoms. The van der Waals surface area contributed by atoms with E-state index >= 15 is 0 Å². The van der Waals surface area contributed by atoms with Crippen molar-refractivity contribution in [3.05, 3.63) is 24.3 Å². The lowest BCUT2D eigenvalue weighted by Crippen LogP contribution is -2.60. The van der Waals surface area contributed by atoms with Crippen molar-refractivity contribution < 1.29 is 54.8 Å². The van der Waals surface area contributed by atoms with E-state index < -0.39 is 66.9 Å². The molecule has 11 nitrogen and oxygen atoms in total. The standard InChI is InChI=1S/C26H42O11/c1-2-3-4-5-6-7-10-16-17(19(28)14-18(16)27)13-12-15(9-8-11-20(29)30)36-26-23(33)21(31)22(32)24(37-26)25(34)35/h6-7,12-13,15-19,21-24,26-28,31-33H,2-5,8-11,14H2,1H3,(H,29,30)(H,34,35)/b7-6-,13-12+/t15-,16-,17+,18-,19+,21+,22+,23-,24+,26-/m1/s1. The number of hydrogen-bond donors (Lipinski definition) is 7. The van der Waals surface area contributed by atoms with E-state index in [9.17, 15) is 40.2 Å². The van der Waals surface area contributed by atoms with Crippen LogP contribution in [0.2, 0.25) is 0 Å². The molecular formula is C26H42O11. The first kappa shape index (κ1) is 31.4. The van der Waals surface area contributed by atoms with Crippen molar-refractivity contribution in [2.75, 3.05) is 0 Å². The van der Waals surface area contributed by atoms with Crippen molar-refractivity contribution in [2.24, 2.45) is 11.8 Å². The van der Waals surface area contributed by atoms with Gasteiger partial charge in [-0.1, -0.05) is 44.1 Å². The van der Waals surface area contributed by atoms with Gasteiger partial charge in [0.1, 0.15) is 18.3 Å². The summed E-state index contributed by atoms with van der Waals surface area (Å²) in [4.78, 5) is 22.4. The molecule has 2 fully saturated rings. The molecule has 37 heavy (non-hydrogen) atoms. The molecule has 1 saturated carbocycles. The molecule has 10 atom stereocenters. The van der Waals surface area contributed by atoms with Crippen molar-refractivity contribution in [1.82, 2.24) is 0 Å². The Morgan fingerprint density at radius 2 is 1.70 bits per heavy atom. The monoisotopic (exact) mass is 530 g/mol. The van der Waals surface area contributed by atoms with Crippen LogP contribution in [0.5, 0.6) is 0 Å². The van der Waals surface area contributed by atoms with Crippen molar-refractivity contribution in [1.29, 1.82) is 0 Å². The molecule has 1 heterocycles. The highest BCUT2D eigenvalue weighted by atomic mass is 16.7. The highest BCUT2D eigenvalue weighted by Crippen LogP contribution is 2.36. The number of carboxylic acid groups (broad SMARTS) is 2. The third-order valence-corrected chi connectivity index (χ3v) is 7.01. The van der Waals surface area contributed by atoms with E-state index in [1.807, 2.05) is 6.08 Å². The van der Waals surface area contributed by atoms with Crippen LogP contribution < -0.4 is 0 Å². The maximum absolute atomic E-state index is 11.4. The first-order valence-corrected chi connectivity index (χ1v) is 13.1. The topological polar surface area (TPSA) is 194 Å². The van der Waals surface area contributed by atoms with Gasteiger partial charge in [0.15, 0.2) is 12.4 Å². The minimum atomic E-state index is -1.86. The van der Waals surface area contributed by atoms with Gasteiger partial charge in [0.25, 0.3) is 0 Å². The Labute approximate surface area is 217 Å². The van der Waals surface area contributed by atoms with Gasteiger partial charge in [0.2, 0.25) is 0 Å². The first-order valence-electron chi connectivity index (χ1n) is 13.1. The third-order valence-electron chi connectivity index (χ3n) is 7.01. The predicted octanol–water partition coefficient (Wildman–Crippen LogP) is 0.959. The van der Waals surface area contributed by atoms with Gasteiger partial charge < -0.3 is 45.2 Å². The van der Waals surface area contributed by atoms with Crippen LogP contribution in [-0.2, 0) is 19.1 Å². The smallest absolute Gasteiger partial charge is 0.335 e. The molecule has 2 rings (SSSR count). The van der Waals surface area contributed by atoms with E-state index in [1.165, 1.54) is 0 Å². The van der Waals surface area contributed by atoms with Crippen LogP contribution in [0.25, 0.3) is 0 Å². The summed E-state index contributed by atoms with van der Waals surface area (Å²) in [6.45, 7) is 2.13. The van der Waals surface area contributed by atoms with Crippen LogP contribution in [0.1, 0.15) is 64.7 Å². The lowest BCUT2D eigenvalue weighted by atomic mass is 9.89. The molecule has 1 saturated heterocycles. The van der Waals surface area contributed by atoms with E-state index in [0.717, 1.165) is 25.7 Å². The summed E-state index contributed by atoms with van der Waals surface area (Å²) in [7, 11) is 0. The largest absolute Gasteiger partial charge is 0.481 e. The van der Waals surface area contributed by atoms with Gasteiger partial charge in [0.05, 0.1) is 18.3 Å². The number of aliphatic carboxylic acids is 2. The number of aliphatic hydroxyl groups is 5. The summed E-state index contributed by atoms with van der Waals surface area (Å²) in [6.07, 6.45) is 1.43. The van der Waals surface area contributed by atoms with Crippen LogP contribution >= 0.6 is 0 Å². The fraction of sp³-hybridized carbons (Fsp3) is 0.769. The van der Waals surface area contributed by atoms with Gasteiger partial charge in [-0.05, 0) is 38.0 Å². The highest BCUT2D eigenvalue weighted by molar-refractivity contribution is 5.73. The first-order chi connectivity index (χ1) is 17.6. The summed E-state index contributed by atoms with van der Waals surface area (Å²) in [5, 5.41) is 69.5. The normalized spacial score (nSPS) is 35.4. The Bertz CT molecular complexity index is 770. The maximum atomic E-state index is 11.4. The van der Waals surface area contributed by atoms with Gasteiger partial charge in [-0.3, -0.25) is 4.79 Å². The Morgan fingerprint density at radius 3 is 2.35 bits per heavy atom. The molecule has 0 amide bonds. The van der Waals surface area contributed by atoms with Crippen LogP contribution in [0.4, 0.5) is 0 Å². The van der Waals surface area contributed by atoms with Crippen LogP contribution in [-0.4, -0.2) is 96.7 Å². The molecule has 1 aliphatic heterocycles. The number of unbranched alkanes of at least 4 members (excludes halogenated alkanes) is 3. The van der Waals surface area contributed by atoms with Crippen molar-refractivity contribution >= 4 is 11.9 Å². The predicted molar refractivity (Wildman–Crippen MR) is 131 cm³/mol. The Kier molecular flexibility index (Phi) is 13.2. The van der Waals surface area contributed by atoms with Gasteiger partial charge >= 0.3 is 11.9 Å². The molecule has 0 aromatic heterocycles. The number of allylic oxidation sites excluding steroid dienone is 2. The number of aliphatic hydroxyl groups excluding tert-OH is 5. The van der Waals surface area contributed by atoms with Crippen molar-refractivity contribution in [2.45, 2.75) is 114 Å². The van der Waals surface area contributed by atoms with E-state index in [1.54, 1.807) is 12.2 Å². The zero-order valence-electron chi connectivity index (χ0n) is 21.2. The number of carboxylic acids is 2. The van der Waals surface area contributed by atoms with Crippen molar-refractivity contribution in [3.8, 4) is 0 Å². The van der Waals surface area contributed by atoms with Gasteiger partial charge in [0, 0.05) is 18.8 Å². The zero-order chi connectivity index (χ0) is 27.5. The van der Waals surface area contributed by atoms with Gasteiger partial charge in [-0.2, -0.15) is 0 Å². The number of rotatable bonds is 15. The molecule has 2 aliphatic rings. The molecule has 7 N–H and O–H groups in total. The quantitative estimate of drug-likeness (QED) is 0.118. The van der Waals surface area contributed by atoms with Crippen LogP contribution in [0, 0.1) is 11.8 Å². The molecule has 212 valence electrons. The molecule has 0 aromatic carbocycles. The van der Waals surface area contributed by atoms with E-state index in [-0.39, 0.29) is 31.6 Å². The molecule has 0 spiro atoms. The van der Waals surface area contributed by atoms with E-state index in [4.69, 9.17) is 14.6 Å². The second-order valence-corrected chi connectivity index (χ2v) is 9.89. The average molecular weight is 531 g/mol. The Hall–Kier alpha value is -1.86. The fourth-order valence-electron chi connectivity index (χ4n) is 4.84. The second kappa shape index (κ2) is 15.5. The summed E-state index contributed by atoms with van der Waals surface area (Å²) in [5.41, 5.74) is 0. The van der Waals surface area contributed by atoms with Crippen LogP contribution in [0.3, 0.4) is 0 Å². The summed E-state index contributed by atoms with van der Waals surface area (Å²) < 4.78 is 10.9. The summed E-state index contributed by atoms with van der Waals surface area (Å²) in [5.74, 6) is -3.20. The van der Waals surface area contributed by atoms with Crippen LogP contribution in [0.15, 0.2) is 24.3 Å². The molecule has 0 bridgehead atoms. The van der Waals surface area contributed by atoms with Gasteiger partial charge in [-0.15, -0.1) is 0 Å². The SMILES string of the molecule is CCCCC/C=C\C[C@@H]1[C@H](/C=C/[C@@H](CCCC(=O)O)O[C@@H]2O[C@H](C(=O)O)[C@@H](O)[C@H](O)[C@H]2O)[C@@H](O)C[C@H]1O. The fourth-order valence-corrected chi connectivity index (χ4v) is 4.84. The molecular weight excluding hydrogens is 488 g/mol. The minimum Gasteiger partial charge on any atom is -0.481 e. The Balaban J connectivity index is 2.12. The maximum Gasteiger partial charge on any atom is 0.335 e. The third kappa shape index (κ3) is 9.43. The molecule has 0 aromatic rings. The number of carbonyl (C=O) groups is 2. The lowest BCUT2D eigenvalue weighted by Gasteiger charge is -2.39. The second-order valence-electron chi connectivity index (χ2n) is 9.89. The minimum absolute atomic E-state index is 0.156. The molecule has 0 unspecified atom stereocenters. The highest BCUT2D eigenvalue weighted by Gasteiger charge is 2.48. The molecule has 0 radical (unpaired) electrons. The van der Waals surface area contributed by atoms with Crippen molar-refractivity contribution in [3.63, 3.8) is 0 Å². The number of hydrogen-bond acceptors (Lipinski definition) is 9. The lowest BCUT2D eigenvalue weighted by molar-refractivity contribution is -0.300. The molecule has 1 aliphatic carbocycles. The average Bonchev–Trinajstić information content (AvgIpc) is 3.11. The summed E-state index contributed by atoms with van der Waals surface area (Å²) in [6, 6.07) is 0. The van der Waals surface area contributed by atoms with E-state index in [2.05, 4.69) is 13.0 Å². The van der Waals surface area contributed by atoms with E-state index in [0.29, 0.717) is 6.42 Å².